The van der Waals surface area contributed by atoms with Crippen molar-refractivity contribution in [1.29, 1.82) is 0 Å². The largest absolute Gasteiger partial charge is 0.493 e. The van der Waals surface area contributed by atoms with Crippen LogP contribution in [0.2, 0.25) is 0 Å². The van der Waals surface area contributed by atoms with Crippen LogP contribution in [0.25, 0.3) is 0 Å². The zero-order valence-corrected chi connectivity index (χ0v) is 13.2. The van der Waals surface area contributed by atoms with Gasteiger partial charge in [0, 0.05) is 41.9 Å². The summed E-state index contributed by atoms with van der Waals surface area (Å²) in [4.78, 5) is 0. The minimum Gasteiger partial charge on any atom is -0.493 e. The molecule has 1 aliphatic heterocycles. The predicted octanol–water partition coefficient (Wildman–Crippen LogP) is 2.95. The van der Waals surface area contributed by atoms with Gasteiger partial charge < -0.3 is 10.1 Å². The maximum Gasteiger partial charge on any atom is 0.122 e. The molecule has 3 atom stereocenters. The minimum absolute atomic E-state index is 0.389. The van der Waals surface area contributed by atoms with Crippen molar-refractivity contribution in [3.63, 3.8) is 0 Å². The first kappa shape index (κ1) is 13.8. The van der Waals surface area contributed by atoms with E-state index in [4.69, 9.17) is 4.74 Å². The lowest BCUT2D eigenvalue weighted by Crippen LogP contribution is -2.37. The van der Waals surface area contributed by atoms with Gasteiger partial charge in [-0.05, 0) is 32.3 Å². The molecule has 4 nitrogen and oxygen atoms in total. The molecule has 0 saturated heterocycles. The Morgan fingerprint density at radius 2 is 2.18 bits per heavy atom. The molecule has 4 heteroatoms. The lowest BCUT2D eigenvalue weighted by Gasteiger charge is -2.29. The highest BCUT2D eigenvalue weighted by atomic mass is 16.5. The summed E-state index contributed by atoms with van der Waals surface area (Å²) in [7, 11) is 2.05. The number of benzene rings is 1. The molecule has 1 aliphatic carbocycles. The van der Waals surface area contributed by atoms with Crippen molar-refractivity contribution in [1.82, 2.24) is 15.1 Å². The van der Waals surface area contributed by atoms with E-state index in [0.717, 1.165) is 18.8 Å². The fraction of sp³-hybridized carbons (Fsp3) is 0.500. The Morgan fingerprint density at radius 1 is 1.32 bits per heavy atom. The highest BCUT2D eigenvalue weighted by Gasteiger charge is 2.31. The van der Waals surface area contributed by atoms with E-state index in [2.05, 4.69) is 35.5 Å². The number of aryl methyl sites for hydroxylation is 1. The van der Waals surface area contributed by atoms with Crippen LogP contribution in [0, 0.1) is 0 Å². The molecular weight excluding hydrogens is 274 g/mol. The molecule has 22 heavy (non-hydrogen) atoms. The number of nitrogens with zero attached hydrogens (tertiary/aromatic N) is 2. The van der Waals surface area contributed by atoms with Gasteiger partial charge in [0.25, 0.3) is 0 Å². The average molecular weight is 297 g/mol. The summed E-state index contributed by atoms with van der Waals surface area (Å²) in [5.74, 6) is 1.48. The van der Waals surface area contributed by atoms with Crippen molar-refractivity contribution in [3.05, 3.63) is 47.3 Å². The van der Waals surface area contributed by atoms with Crippen LogP contribution in [0.15, 0.2) is 30.5 Å². The zero-order chi connectivity index (χ0) is 15.1. The van der Waals surface area contributed by atoms with E-state index in [-0.39, 0.29) is 0 Å². The van der Waals surface area contributed by atoms with E-state index in [0.29, 0.717) is 18.0 Å². The van der Waals surface area contributed by atoms with Crippen molar-refractivity contribution >= 4 is 0 Å². The van der Waals surface area contributed by atoms with Crippen molar-refractivity contribution in [2.75, 3.05) is 6.61 Å². The van der Waals surface area contributed by atoms with Crippen LogP contribution < -0.4 is 10.1 Å². The van der Waals surface area contributed by atoms with Crippen molar-refractivity contribution in [2.24, 2.45) is 7.05 Å². The van der Waals surface area contributed by atoms with Crippen molar-refractivity contribution < 1.29 is 4.74 Å². The zero-order valence-electron chi connectivity index (χ0n) is 13.2. The van der Waals surface area contributed by atoms with Crippen LogP contribution in [-0.2, 0) is 13.5 Å². The number of rotatable bonds is 3. The molecule has 0 amide bonds. The molecule has 2 aromatic rings. The van der Waals surface area contributed by atoms with Crippen LogP contribution in [0.5, 0.6) is 5.75 Å². The Bertz CT molecular complexity index is 679. The summed E-state index contributed by atoms with van der Waals surface area (Å²) in [5.41, 5.74) is 4.11. The van der Waals surface area contributed by atoms with E-state index in [1.807, 2.05) is 24.0 Å². The molecule has 2 aliphatic rings. The maximum absolute atomic E-state index is 5.84. The molecule has 4 rings (SSSR count). The van der Waals surface area contributed by atoms with Gasteiger partial charge in [0.05, 0.1) is 12.8 Å². The lowest BCUT2D eigenvalue weighted by atomic mass is 9.89. The monoisotopic (exact) mass is 297 g/mol. The highest BCUT2D eigenvalue weighted by Crippen LogP contribution is 2.37. The first-order valence-electron chi connectivity index (χ1n) is 8.22. The number of ether oxygens (including phenoxy) is 1. The number of para-hydroxylation sites is 1. The van der Waals surface area contributed by atoms with Gasteiger partial charge in [-0.15, -0.1) is 0 Å². The smallest absolute Gasteiger partial charge is 0.122 e. The van der Waals surface area contributed by atoms with E-state index >= 15 is 0 Å². The summed E-state index contributed by atoms with van der Waals surface area (Å²) in [5, 5.41) is 8.28. The quantitative estimate of drug-likeness (QED) is 0.946. The number of hydrogen-bond acceptors (Lipinski definition) is 3. The molecule has 0 fully saturated rings. The Kier molecular flexibility index (Phi) is 3.41. The van der Waals surface area contributed by atoms with E-state index in [1.165, 1.54) is 29.7 Å². The molecule has 0 spiro atoms. The maximum atomic E-state index is 5.84. The molecule has 0 saturated carbocycles. The van der Waals surface area contributed by atoms with E-state index in [1.54, 1.807) is 0 Å². The minimum atomic E-state index is 0.389. The Labute approximate surface area is 131 Å². The van der Waals surface area contributed by atoms with Gasteiger partial charge in [-0.2, -0.15) is 5.10 Å². The first-order chi connectivity index (χ1) is 10.7. The Hall–Kier alpha value is -1.81. The van der Waals surface area contributed by atoms with Gasteiger partial charge in [0.15, 0.2) is 0 Å². The second-order valence-electron chi connectivity index (χ2n) is 6.53. The summed E-state index contributed by atoms with van der Waals surface area (Å²) >= 11 is 0. The molecular formula is C18H23N3O. The molecule has 1 N–H and O–H groups in total. The molecule has 1 aromatic carbocycles. The van der Waals surface area contributed by atoms with Crippen LogP contribution in [0.1, 0.15) is 48.5 Å². The SMILES string of the molecule is C[C@H](N[C@H]1CCCc2c1cnn2C)[C@H]1COc2ccccc21. The van der Waals surface area contributed by atoms with Crippen molar-refractivity contribution in [3.8, 4) is 5.75 Å². The number of aromatic nitrogens is 2. The fourth-order valence-corrected chi connectivity index (χ4v) is 3.91. The van der Waals surface area contributed by atoms with Gasteiger partial charge in [-0.3, -0.25) is 4.68 Å². The van der Waals surface area contributed by atoms with Gasteiger partial charge in [0.2, 0.25) is 0 Å². The average Bonchev–Trinajstić information content (AvgIpc) is 3.12. The second-order valence-corrected chi connectivity index (χ2v) is 6.53. The Morgan fingerprint density at radius 3 is 3.09 bits per heavy atom. The molecule has 0 unspecified atom stereocenters. The van der Waals surface area contributed by atoms with E-state index in [9.17, 15) is 0 Å². The number of nitrogens with one attached hydrogen (secondary N) is 1. The summed E-state index contributed by atoms with van der Waals surface area (Å²) < 4.78 is 7.87. The van der Waals surface area contributed by atoms with Gasteiger partial charge in [-0.1, -0.05) is 18.2 Å². The second kappa shape index (κ2) is 5.43. The normalized spacial score (nSPS) is 24.5. The summed E-state index contributed by atoms with van der Waals surface area (Å²) in [6.07, 6.45) is 5.61. The van der Waals surface area contributed by atoms with E-state index < -0.39 is 0 Å². The van der Waals surface area contributed by atoms with Crippen LogP contribution >= 0.6 is 0 Å². The van der Waals surface area contributed by atoms with Gasteiger partial charge in [0.1, 0.15) is 5.75 Å². The third kappa shape index (κ3) is 2.22. The number of hydrogen-bond donors (Lipinski definition) is 1. The predicted molar refractivity (Wildman–Crippen MR) is 86.2 cm³/mol. The number of fused-ring (bicyclic) bond motifs is 2. The van der Waals surface area contributed by atoms with Crippen LogP contribution in [-0.4, -0.2) is 22.4 Å². The van der Waals surface area contributed by atoms with Crippen LogP contribution in [0.3, 0.4) is 0 Å². The topological polar surface area (TPSA) is 39.1 Å². The van der Waals surface area contributed by atoms with Gasteiger partial charge in [-0.25, -0.2) is 0 Å². The third-order valence-electron chi connectivity index (χ3n) is 5.18. The molecule has 0 radical (unpaired) electrons. The molecule has 1 aromatic heterocycles. The Balaban J connectivity index is 1.53. The van der Waals surface area contributed by atoms with Crippen molar-refractivity contribution in [2.45, 2.75) is 44.2 Å². The molecule has 0 bridgehead atoms. The van der Waals surface area contributed by atoms with Gasteiger partial charge >= 0.3 is 0 Å². The third-order valence-corrected chi connectivity index (χ3v) is 5.18. The first-order valence-corrected chi connectivity index (χ1v) is 8.22. The standard InChI is InChI=1S/C18H23N3O/c1-12(15-11-22-18-9-4-3-6-13(15)18)20-16-7-5-8-17-14(16)10-19-21(17)2/h3-4,6,9-10,12,15-16,20H,5,7-8,11H2,1-2H3/t12-,15+,16-/m0/s1. The van der Waals surface area contributed by atoms with Crippen LogP contribution in [0.4, 0.5) is 0 Å². The summed E-state index contributed by atoms with van der Waals surface area (Å²) in [6, 6.07) is 9.22. The highest BCUT2D eigenvalue weighted by molar-refractivity contribution is 5.40. The summed E-state index contributed by atoms with van der Waals surface area (Å²) in [6.45, 7) is 3.06. The molecule has 116 valence electrons. The molecule has 2 heterocycles. The lowest BCUT2D eigenvalue weighted by molar-refractivity contribution is 0.288. The fourth-order valence-electron chi connectivity index (χ4n) is 3.91.